The fourth-order valence-corrected chi connectivity index (χ4v) is 3.77. The van der Waals surface area contributed by atoms with Gasteiger partial charge in [-0.1, -0.05) is 41.6 Å². The monoisotopic (exact) mass is 551 g/mol. The van der Waals surface area contributed by atoms with Gasteiger partial charge in [0.1, 0.15) is 5.82 Å². The minimum atomic E-state index is -4.80. The molecule has 200 valence electrons. The molecule has 37 heavy (non-hydrogen) atoms. The predicted molar refractivity (Wildman–Crippen MR) is 116 cm³/mol. The molecule has 0 spiro atoms. The first kappa shape index (κ1) is 28.1. The first-order valence-electron chi connectivity index (χ1n) is 10.3. The molecular weight excluding hydrogens is 532 g/mol. The molecule has 0 radical (unpaired) electrons. The van der Waals surface area contributed by atoms with E-state index in [0.717, 1.165) is 16.6 Å². The van der Waals surface area contributed by atoms with Gasteiger partial charge in [-0.2, -0.15) is 31.2 Å². The number of carbonyl (C=O) groups is 1. The number of nitrogens with zero attached hydrogens (tertiary/aromatic N) is 3. The van der Waals surface area contributed by atoms with Crippen LogP contribution in [0.4, 0.5) is 26.3 Å². The number of amides is 1. The number of halogens is 6. The van der Waals surface area contributed by atoms with E-state index in [1.165, 1.54) is 36.4 Å². The van der Waals surface area contributed by atoms with Crippen LogP contribution in [-0.2, 0) is 40.6 Å². The van der Waals surface area contributed by atoms with Gasteiger partial charge < -0.3 is 4.52 Å². The Morgan fingerprint density at radius 3 is 2.27 bits per heavy atom. The molecule has 16 heteroatoms. The van der Waals surface area contributed by atoms with E-state index < -0.39 is 40.2 Å². The summed E-state index contributed by atoms with van der Waals surface area (Å²) in [5.74, 6) is -4.11. The molecule has 0 aliphatic carbocycles. The van der Waals surface area contributed by atoms with Gasteiger partial charge in [-0.25, -0.2) is 18.2 Å². The number of sulfonamides is 1. The zero-order chi connectivity index (χ0) is 27.4. The lowest BCUT2D eigenvalue weighted by Crippen LogP contribution is -2.40. The maximum atomic E-state index is 14.6. The summed E-state index contributed by atoms with van der Waals surface area (Å²) in [6.07, 6.45) is -7.08. The highest BCUT2D eigenvalue weighted by molar-refractivity contribution is 7.88. The molecule has 0 unspecified atom stereocenters. The third-order valence-corrected chi connectivity index (χ3v) is 6.07. The average Bonchev–Trinajstić information content (AvgIpc) is 3.31. The van der Waals surface area contributed by atoms with Crippen LogP contribution in [0, 0.1) is 5.82 Å². The molecule has 0 atom stereocenters. The van der Waals surface area contributed by atoms with E-state index in [9.17, 15) is 39.6 Å². The number of hydrogen-bond acceptors (Lipinski definition) is 7. The number of benzene rings is 2. The summed E-state index contributed by atoms with van der Waals surface area (Å²) < 4.78 is 107. The second-order valence-electron chi connectivity index (χ2n) is 7.72. The van der Waals surface area contributed by atoms with Crippen molar-refractivity contribution in [3.05, 3.63) is 70.9 Å². The van der Waals surface area contributed by atoms with Gasteiger partial charge in [0.15, 0.2) is 0 Å². The largest absolute Gasteiger partial charge is 0.471 e. The Balaban J connectivity index is 1.69. The van der Waals surface area contributed by atoms with Crippen molar-refractivity contribution in [2.45, 2.75) is 32.2 Å². The van der Waals surface area contributed by atoms with Crippen LogP contribution in [0.25, 0.3) is 11.4 Å². The predicted octanol–water partition coefficient (Wildman–Crippen LogP) is 3.24. The average molecular weight is 551 g/mol. The number of rotatable bonds is 10. The van der Waals surface area contributed by atoms with Crippen LogP contribution < -0.4 is 10.9 Å². The normalized spacial score (nSPS) is 12.4. The number of alkyl halides is 5. The second-order valence-corrected chi connectivity index (χ2v) is 9.70. The molecule has 1 amide bonds. The van der Waals surface area contributed by atoms with Crippen LogP contribution in [0.1, 0.15) is 22.6 Å². The summed E-state index contributed by atoms with van der Waals surface area (Å²) >= 11 is 0. The van der Waals surface area contributed by atoms with Crippen LogP contribution in [0.2, 0.25) is 0 Å². The maximum Gasteiger partial charge on any atom is 0.471 e. The van der Waals surface area contributed by atoms with Gasteiger partial charge in [-0.3, -0.25) is 10.2 Å². The van der Waals surface area contributed by atoms with Crippen molar-refractivity contribution in [3.8, 4) is 11.4 Å². The summed E-state index contributed by atoms with van der Waals surface area (Å²) in [4.78, 5) is 14.1. The van der Waals surface area contributed by atoms with Crippen LogP contribution in [-0.4, -0.2) is 41.5 Å². The quantitative estimate of drug-likeness (QED) is 0.294. The Kier molecular flexibility index (Phi) is 8.55. The summed E-state index contributed by atoms with van der Waals surface area (Å²) in [6.45, 7) is -0.688. The van der Waals surface area contributed by atoms with Crippen LogP contribution in [0.3, 0.4) is 0 Å². The minimum Gasteiger partial charge on any atom is -0.329 e. The Morgan fingerprint density at radius 2 is 1.73 bits per heavy atom. The number of nitrogens with one attached hydrogen (secondary N) is 2. The van der Waals surface area contributed by atoms with E-state index in [1.54, 1.807) is 5.43 Å². The molecule has 9 nitrogen and oxygen atoms in total. The molecule has 0 saturated carbocycles. The van der Waals surface area contributed by atoms with Crippen LogP contribution >= 0.6 is 0 Å². The fraction of sp³-hybridized carbons (Fsp3) is 0.286. The van der Waals surface area contributed by atoms with Gasteiger partial charge in [0.2, 0.25) is 15.8 Å². The van der Waals surface area contributed by atoms with Gasteiger partial charge >= 0.3 is 24.4 Å². The van der Waals surface area contributed by atoms with E-state index >= 15 is 0 Å². The number of carbonyl (C=O) groups excluding carboxylic acids is 1. The molecule has 2 N–H and O–H groups in total. The van der Waals surface area contributed by atoms with E-state index in [0.29, 0.717) is 11.1 Å². The zero-order valence-electron chi connectivity index (χ0n) is 18.9. The molecule has 2 aromatic carbocycles. The van der Waals surface area contributed by atoms with Gasteiger partial charge in [-0.05, 0) is 17.2 Å². The van der Waals surface area contributed by atoms with E-state index in [-0.39, 0.29) is 36.6 Å². The van der Waals surface area contributed by atoms with Crippen molar-refractivity contribution in [3.63, 3.8) is 0 Å². The standard InChI is InChI=1S/C21H19F6N5O4S/c1-37(34,35)32(11-15-7-4-13(8-16(15)22)9-28-30-19(33)17(23)24)10-12-2-5-14(6-3-12)18-29-20(36-31-18)21(25,26)27/h2-8,17,28H,9-11H2,1H3,(H,30,33). The third-order valence-electron chi connectivity index (χ3n) is 4.88. The summed E-state index contributed by atoms with van der Waals surface area (Å²) in [5.41, 5.74) is 4.96. The lowest BCUT2D eigenvalue weighted by molar-refractivity contribution is -0.159. The highest BCUT2D eigenvalue weighted by Gasteiger charge is 2.38. The topological polar surface area (TPSA) is 117 Å². The zero-order valence-corrected chi connectivity index (χ0v) is 19.7. The second kappa shape index (κ2) is 11.3. The molecule has 0 fully saturated rings. The lowest BCUT2D eigenvalue weighted by Gasteiger charge is -2.21. The molecule has 0 bridgehead atoms. The van der Waals surface area contributed by atoms with Gasteiger partial charge in [0, 0.05) is 30.8 Å². The number of hydrogen-bond donors (Lipinski definition) is 2. The highest BCUT2D eigenvalue weighted by atomic mass is 32.2. The van der Waals surface area contributed by atoms with Crippen molar-refractivity contribution in [2.24, 2.45) is 0 Å². The third kappa shape index (κ3) is 7.74. The summed E-state index contributed by atoms with van der Waals surface area (Å²) in [6, 6.07) is 9.48. The van der Waals surface area contributed by atoms with Crippen LogP contribution in [0.5, 0.6) is 0 Å². The van der Waals surface area contributed by atoms with Crippen molar-refractivity contribution in [2.75, 3.05) is 6.26 Å². The molecule has 0 saturated heterocycles. The van der Waals surface area contributed by atoms with Crippen molar-refractivity contribution in [1.82, 2.24) is 25.3 Å². The molecule has 1 aromatic heterocycles. The first-order valence-corrected chi connectivity index (χ1v) is 12.1. The Morgan fingerprint density at radius 1 is 1.08 bits per heavy atom. The van der Waals surface area contributed by atoms with E-state index in [4.69, 9.17) is 0 Å². The van der Waals surface area contributed by atoms with Gasteiger partial charge in [0.25, 0.3) is 0 Å². The first-order chi connectivity index (χ1) is 17.2. The van der Waals surface area contributed by atoms with Gasteiger partial charge in [-0.15, -0.1) is 0 Å². The molecular formula is C21H19F6N5O4S. The minimum absolute atomic E-state index is 0.0221. The Bertz CT molecular complexity index is 1350. The van der Waals surface area contributed by atoms with Crippen molar-refractivity contribution < 1.29 is 44.1 Å². The molecule has 0 aliphatic rings. The van der Waals surface area contributed by atoms with E-state index in [2.05, 4.69) is 20.1 Å². The molecule has 0 aliphatic heterocycles. The molecule has 3 aromatic rings. The van der Waals surface area contributed by atoms with Crippen LogP contribution in [0.15, 0.2) is 47.0 Å². The molecule has 1 heterocycles. The maximum absolute atomic E-state index is 14.6. The molecule has 3 rings (SSSR count). The smallest absolute Gasteiger partial charge is 0.329 e. The lowest BCUT2D eigenvalue weighted by atomic mass is 10.1. The Hall–Kier alpha value is -3.50. The van der Waals surface area contributed by atoms with E-state index in [1.807, 2.05) is 0 Å². The summed E-state index contributed by atoms with van der Waals surface area (Å²) in [7, 11) is -3.82. The van der Waals surface area contributed by atoms with Crippen molar-refractivity contribution in [1.29, 1.82) is 0 Å². The highest BCUT2D eigenvalue weighted by Crippen LogP contribution is 2.29. The SMILES string of the molecule is CS(=O)(=O)N(Cc1ccc(-c2noc(C(F)(F)F)n2)cc1)Cc1ccc(CNNC(=O)C(F)F)cc1F. The Labute approximate surface area is 206 Å². The van der Waals surface area contributed by atoms with Gasteiger partial charge in [0.05, 0.1) is 6.26 Å². The number of hydrazine groups is 1. The fourth-order valence-electron chi connectivity index (χ4n) is 3.02. The number of aromatic nitrogens is 2. The van der Waals surface area contributed by atoms with Crippen molar-refractivity contribution >= 4 is 15.9 Å². The summed E-state index contributed by atoms with van der Waals surface area (Å²) in [5, 5.41) is 3.28.